The molecule has 0 unspecified atom stereocenters. The number of benzene rings is 1. The Morgan fingerprint density at radius 3 is 2.93 bits per heavy atom. The molecule has 0 heterocycles. The molecular formula is C11H13BrClN. The van der Waals surface area contributed by atoms with Crippen LogP contribution < -0.4 is 5.32 Å². The highest BCUT2D eigenvalue weighted by atomic mass is 79.9. The van der Waals surface area contributed by atoms with Gasteiger partial charge in [0.2, 0.25) is 0 Å². The van der Waals surface area contributed by atoms with E-state index in [2.05, 4.69) is 27.8 Å². The van der Waals surface area contributed by atoms with Gasteiger partial charge >= 0.3 is 0 Å². The van der Waals surface area contributed by atoms with Crippen molar-refractivity contribution in [2.24, 2.45) is 0 Å². The topological polar surface area (TPSA) is 12.0 Å². The second-order valence-electron chi connectivity index (χ2n) is 3.24. The van der Waals surface area contributed by atoms with Crippen LogP contribution in [0.25, 0.3) is 0 Å². The number of halogens is 2. The molecule has 3 heteroatoms. The highest BCUT2D eigenvalue weighted by Crippen LogP contribution is 2.29. The van der Waals surface area contributed by atoms with Crippen LogP contribution in [0.4, 0.5) is 5.69 Å². The molecule has 0 atom stereocenters. The quantitative estimate of drug-likeness (QED) is 0.798. The van der Waals surface area contributed by atoms with Crippen molar-refractivity contribution in [2.75, 3.05) is 11.9 Å². The fraction of sp³-hybridized carbons (Fsp3) is 0.273. The van der Waals surface area contributed by atoms with Crippen LogP contribution in [0, 0.1) is 0 Å². The van der Waals surface area contributed by atoms with Gasteiger partial charge in [-0.05, 0) is 41.4 Å². The molecule has 0 amide bonds. The Kier molecular flexibility index (Phi) is 4.49. The van der Waals surface area contributed by atoms with Gasteiger partial charge in [0.1, 0.15) is 0 Å². The number of anilines is 1. The summed E-state index contributed by atoms with van der Waals surface area (Å²) in [6.07, 6.45) is 0.971. The van der Waals surface area contributed by atoms with Gasteiger partial charge in [0.25, 0.3) is 0 Å². The molecular weight excluding hydrogens is 261 g/mol. The Balaban J connectivity index is 2.59. The van der Waals surface area contributed by atoms with Crippen molar-refractivity contribution < 1.29 is 0 Å². The molecule has 1 N–H and O–H groups in total. The molecule has 1 rings (SSSR count). The summed E-state index contributed by atoms with van der Waals surface area (Å²) < 4.78 is 0.920. The molecule has 0 aliphatic heterocycles. The Morgan fingerprint density at radius 2 is 2.29 bits per heavy atom. The smallest absolute Gasteiger partial charge is 0.0593 e. The lowest BCUT2D eigenvalue weighted by Crippen LogP contribution is -2.02. The lowest BCUT2D eigenvalue weighted by atomic mass is 10.2. The predicted molar refractivity (Wildman–Crippen MR) is 67.1 cm³/mol. The molecule has 14 heavy (non-hydrogen) atoms. The minimum absolute atomic E-state index is 0.727. The molecule has 1 aromatic rings. The average molecular weight is 275 g/mol. The summed E-state index contributed by atoms with van der Waals surface area (Å²) in [6, 6.07) is 5.78. The van der Waals surface area contributed by atoms with E-state index in [1.54, 1.807) is 0 Å². The van der Waals surface area contributed by atoms with Crippen molar-refractivity contribution in [1.29, 1.82) is 0 Å². The number of hydrogen-bond donors (Lipinski definition) is 1. The fourth-order valence-electron chi connectivity index (χ4n) is 1.05. The highest BCUT2D eigenvalue weighted by molar-refractivity contribution is 9.10. The van der Waals surface area contributed by atoms with Crippen molar-refractivity contribution in [3.63, 3.8) is 0 Å². The van der Waals surface area contributed by atoms with Gasteiger partial charge in [0, 0.05) is 12.2 Å². The minimum Gasteiger partial charge on any atom is -0.384 e. The largest absolute Gasteiger partial charge is 0.384 e. The van der Waals surface area contributed by atoms with Crippen molar-refractivity contribution in [1.82, 2.24) is 0 Å². The Bertz CT molecular complexity index is 336. The zero-order chi connectivity index (χ0) is 10.6. The van der Waals surface area contributed by atoms with Gasteiger partial charge < -0.3 is 5.32 Å². The molecule has 1 nitrogen and oxygen atoms in total. The van der Waals surface area contributed by atoms with Crippen LogP contribution in [0.3, 0.4) is 0 Å². The van der Waals surface area contributed by atoms with E-state index in [9.17, 15) is 0 Å². The highest BCUT2D eigenvalue weighted by Gasteiger charge is 2.01. The lowest BCUT2D eigenvalue weighted by Gasteiger charge is -2.08. The Hall–Kier alpha value is -0.470. The maximum absolute atomic E-state index is 5.95. The fourth-order valence-corrected chi connectivity index (χ4v) is 1.63. The lowest BCUT2D eigenvalue weighted by molar-refractivity contribution is 1.00. The predicted octanol–water partition coefficient (Wildman–Crippen LogP) is 4.48. The second-order valence-corrected chi connectivity index (χ2v) is 4.44. The summed E-state index contributed by atoms with van der Waals surface area (Å²) in [6.45, 7) is 6.75. The van der Waals surface area contributed by atoms with E-state index in [0.29, 0.717) is 0 Å². The van der Waals surface area contributed by atoms with Gasteiger partial charge in [-0.1, -0.05) is 23.2 Å². The molecule has 0 aliphatic carbocycles. The maximum atomic E-state index is 5.95. The van der Waals surface area contributed by atoms with E-state index in [1.165, 1.54) is 5.57 Å². The van der Waals surface area contributed by atoms with E-state index in [1.807, 2.05) is 25.1 Å². The molecule has 0 aromatic heterocycles. The summed E-state index contributed by atoms with van der Waals surface area (Å²) in [5, 5.41) is 4.02. The van der Waals surface area contributed by atoms with E-state index in [0.717, 1.165) is 28.1 Å². The van der Waals surface area contributed by atoms with Gasteiger partial charge in [0.05, 0.1) is 9.50 Å². The Labute approximate surface area is 98.3 Å². The summed E-state index contributed by atoms with van der Waals surface area (Å²) in [5.41, 5.74) is 2.20. The van der Waals surface area contributed by atoms with Crippen LogP contribution in [0.5, 0.6) is 0 Å². The van der Waals surface area contributed by atoms with Crippen molar-refractivity contribution in [3.05, 3.63) is 39.8 Å². The van der Waals surface area contributed by atoms with Crippen LogP contribution in [0.15, 0.2) is 34.8 Å². The standard InChI is InChI=1S/C11H13BrClN/c1-8(2)6-7-14-10-5-3-4-9(13)11(10)12/h3-5,14H,1,6-7H2,2H3. The monoisotopic (exact) mass is 273 g/mol. The van der Waals surface area contributed by atoms with Crippen LogP contribution in [0.1, 0.15) is 13.3 Å². The Morgan fingerprint density at radius 1 is 1.57 bits per heavy atom. The molecule has 0 saturated heterocycles. The molecule has 0 aliphatic rings. The molecule has 0 radical (unpaired) electrons. The van der Waals surface area contributed by atoms with Gasteiger partial charge in [-0.25, -0.2) is 0 Å². The summed E-state index contributed by atoms with van der Waals surface area (Å²) >= 11 is 9.38. The van der Waals surface area contributed by atoms with Crippen molar-refractivity contribution >= 4 is 33.2 Å². The SMILES string of the molecule is C=C(C)CCNc1cccc(Cl)c1Br. The molecule has 0 saturated carbocycles. The summed E-state index contributed by atoms with van der Waals surface area (Å²) in [5.74, 6) is 0. The maximum Gasteiger partial charge on any atom is 0.0593 e. The van der Waals surface area contributed by atoms with Crippen LogP contribution in [-0.2, 0) is 0 Å². The van der Waals surface area contributed by atoms with Gasteiger partial charge in [-0.3, -0.25) is 0 Å². The van der Waals surface area contributed by atoms with Crippen LogP contribution in [-0.4, -0.2) is 6.54 Å². The average Bonchev–Trinajstić information content (AvgIpc) is 2.12. The first-order chi connectivity index (χ1) is 6.61. The molecule has 0 spiro atoms. The number of nitrogens with one attached hydrogen (secondary N) is 1. The number of rotatable bonds is 4. The third-order valence-corrected chi connectivity index (χ3v) is 3.22. The molecule has 0 bridgehead atoms. The van der Waals surface area contributed by atoms with Crippen molar-refractivity contribution in [3.8, 4) is 0 Å². The first-order valence-corrected chi connectivity index (χ1v) is 5.60. The van der Waals surface area contributed by atoms with Gasteiger partial charge in [-0.15, -0.1) is 6.58 Å². The van der Waals surface area contributed by atoms with Crippen molar-refractivity contribution in [2.45, 2.75) is 13.3 Å². The zero-order valence-electron chi connectivity index (χ0n) is 8.11. The first-order valence-electron chi connectivity index (χ1n) is 4.43. The molecule has 0 fully saturated rings. The zero-order valence-corrected chi connectivity index (χ0v) is 10.5. The first kappa shape index (κ1) is 11.6. The normalized spacial score (nSPS) is 9.93. The molecule has 76 valence electrons. The van der Waals surface area contributed by atoms with Gasteiger partial charge in [-0.2, -0.15) is 0 Å². The van der Waals surface area contributed by atoms with E-state index in [4.69, 9.17) is 11.6 Å². The minimum atomic E-state index is 0.727. The molecule has 1 aromatic carbocycles. The summed E-state index contributed by atoms with van der Waals surface area (Å²) in [7, 11) is 0. The third-order valence-electron chi connectivity index (χ3n) is 1.82. The van der Waals surface area contributed by atoms with Crippen LogP contribution in [0.2, 0.25) is 5.02 Å². The van der Waals surface area contributed by atoms with E-state index in [-0.39, 0.29) is 0 Å². The second kappa shape index (κ2) is 5.42. The van der Waals surface area contributed by atoms with E-state index < -0.39 is 0 Å². The summed E-state index contributed by atoms with van der Waals surface area (Å²) in [4.78, 5) is 0. The third kappa shape index (κ3) is 3.35. The van der Waals surface area contributed by atoms with E-state index >= 15 is 0 Å². The number of hydrogen-bond acceptors (Lipinski definition) is 1. The van der Waals surface area contributed by atoms with Crippen LogP contribution >= 0.6 is 27.5 Å². The van der Waals surface area contributed by atoms with Gasteiger partial charge in [0.15, 0.2) is 0 Å².